The van der Waals surface area contributed by atoms with Crippen LogP contribution in [0.1, 0.15) is 38.7 Å². The first-order valence-electron chi connectivity index (χ1n) is 9.36. The van der Waals surface area contributed by atoms with E-state index in [0.717, 1.165) is 58.1 Å². The molecule has 25 heavy (non-hydrogen) atoms. The van der Waals surface area contributed by atoms with Crippen LogP contribution in [0, 0.1) is 5.92 Å². The van der Waals surface area contributed by atoms with Crippen LogP contribution in [0.15, 0.2) is 35.3 Å². The highest BCUT2D eigenvalue weighted by Gasteiger charge is 1.98. The van der Waals surface area contributed by atoms with Crippen LogP contribution in [0.25, 0.3) is 0 Å². The lowest BCUT2D eigenvalue weighted by molar-refractivity contribution is 0.108. The summed E-state index contributed by atoms with van der Waals surface area (Å²) in [5.41, 5.74) is 1.22. The fourth-order valence-corrected chi connectivity index (χ4v) is 2.22. The van der Waals surface area contributed by atoms with Gasteiger partial charge in [0.15, 0.2) is 5.96 Å². The van der Waals surface area contributed by atoms with Gasteiger partial charge in [-0.05, 0) is 30.7 Å². The van der Waals surface area contributed by atoms with Gasteiger partial charge in [-0.2, -0.15) is 0 Å². The molecule has 1 aromatic rings. The van der Waals surface area contributed by atoms with Crippen LogP contribution in [-0.2, 0) is 16.1 Å². The third-order valence-electron chi connectivity index (χ3n) is 3.55. The van der Waals surface area contributed by atoms with E-state index >= 15 is 0 Å². The molecule has 2 N–H and O–H groups in total. The monoisotopic (exact) mass is 349 g/mol. The van der Waals surface area contributed by atoms with Crippen molar-refractivity contribution in [1.82, 2.24) is 10.6 Å². The number of unbranched alkanes of at least 4 members (excludes halogenated alkanes) is 1. The lowest BCUT2D eigenvalue weighted by Gasteiger charge is -2.12. The summed E-state index contributed by atoms with van der Waals surface area (Å²) in [6, 6.07) is 10.3. The number of ether oxygens (including phenoxy) is 2. The van der Waals surface area contributed by atoms with E-state index in [1.165, 1.54) is 5.56 Å². The zero-order valence-electron chi connectivity index (χ0n) is 16.1. The van der Waals surface area contributed by atoms with E-state index in [-0.39, 0.29) is 0 Å². The van der Waals surface area contributed by atoms with Gasteiger partial charge in [0.25, 0.3) is 0 Å². The van der Waals surface area contributed by atoms with Gasteiger partial charge in [0.05, 0.1) is 6.61 Å². The Hall–Kier alpha value is -1.59. The van der Waals surface area contributed by atoms with Gasteiger partial charge in [-0.3, -0.25) is 4.99 Å². The SMILES string of the molecule is CN=C(NCCCCOCc1ccccc1)NCCCOCC(C)C. The van der Waals surface area contributed by atoms with Crippen molar-refractivity contribution in [3.63, 3.8) is 0 Å². The quantitative estimate of drug-likeness (QED) is 0.326. The van der Waals surface area contributed by atoms with E-state index in [0.29, 0.717) is 12.5 Å². The van der Waals surface area contributed by atoms with Gasteiger partial charge in [-0.1, -0.05) is 44.2 Å². The van der Waals surface area contributed by atoms with Gasteiger partial charge in [0, 0.05) is 40.0 Å². The molecule has 0 aliphatic rings. The summed E-state index contributed by atoms with van der Waals surface area (Å²) in [4.78, 5) is 4.23. The molecule has 0 spiro atoms. The van der Waals surface area contributed by atoms with Crippen LogP contribution in [0.2, 0.25) is 0 Å². The molecule has 5 heteroatoms. The highest BCUT2D eigenvalue weighted by Crippen LogP contribution is 2.01. The Kier molecular flexibility index (Phi) is 12.6. The molecule has 0 fully saturated rings. The summed E-state index contributed by atoms with van der Waals surface area (Å²) in [5.74, 6) is 1.45. The number of nitrogens with one attached hydrogen (secondary N) is 2. The fourth-order valence-electron chi connectivity index (χ4n) is 2.22. The summed E-state index contributed by atoms with van der Waals surface area (Å²) in [7, 11) is 1.80. The van der Waals surface area contributed by atoms with Gasteiger partial charge < -0.3 is 20.1 Å². The average molecular weight is 350 g/mol. The molecule has 0 aliphatic heterocycles. The van der Waals surface area contributed by atoms with E-state index in [2.05, 4.69) is 41.6 Å². The average Bonchev–Trinajstić information content (AvgIpc) is 2.62. The van der Waals surface area contributed by atoms with Gasteiger partial charge in [0.1, 0.15) is 0 Å². The molecule has 0 saturated carbocycles. The zero-order chi connectivity index (χ0) is 18.2. The molecule has 5 nitrogen and oxygen atoms in total. The molecule has 0 radical (unpaired) electrons. The molecular formula is C20H35N3O2. The summed E-state index contributed by atoms with van der Waals surface area (Å²) in [6.07, 6.45) is 3.09. The normalized spacial score (nSPS) is 11.8. The van der Waals surface area contributed by atoms with Crippen LogP contribution in [-0.4, -0.2) is 45.9 Å². The van der Waals surface area contributed by atoms with Gasteiger partial charge in [0.2, 0.25) is 0 Å². The van der Waals surface area contributed by atoms with E-state index < -0.39 is 0 Å². The minimum absolute atomic E-state index is 0.596. The molecule has 0 bridgehead atoms. The maximum atomic E-state index is 5.68. The molecule has 1 aromatic carbocycles. The van der Waals surface area contributed by atoms with Crippen molar-refractivity contribution in [3.05, 3.63) is 35.9 Å². The molecule has 0 aromatic heterocycles. The summed E-state index contributed by atoms with van der Waals surface area (Å²) in [5, 5.41) is 6.64. The molecular weight excluding hydrogens is 314 g/mol. The molecule has 1 rings (SSSR count). The highest BCUT2D eigenvalue weighted by molar-refractivity contribution is 5.79. The Balaban J connectivity index is 1.93. The van der Waals surface area contributed by atoms with Crippen LogP contribution in [0.4, 0.5) is 0 Å². The lowest BCUT2D eigenvalue weighted by atomic mass is 10.2. The number of nitrogens with zero attached hydrogens (tertiary/aromatic N) is 1. The summed E-state index contributed by atoms with van der Waals surface area (Å²) < 4.78 is 11.2. The van der Waals surface area contributed by atoms with Crippen molar-refractivity contribution in [2.45, 2.75) is 39.7 Å². The number of guanidine groups is 1. The number of rotatable bonds is 13. The molecule has 0 amide bonds. The van der Waals surface area contributed by atoms with Crippen molar-refractivity contribution in [2.24, 2.45) is 10.9 Å². The smallest absolute Gasteiger partial charge is 0.190 e. The minimum Gasteiger partial charge on any atom is -0.381 e. The highest BCUT2D eigenvalue weighted by atomic mass is 16.5. The Morgan fingerprint density at radius 3 is 2.32 bits per heavy atom. The molecule has 0 heterocycles. The van der Waals surface area contributed by atoms with E-state index in [4.69, 9.17) is 9.47 Å². The minimum atomic E-state index is 0.596. The maximum absolute atomic E-state index is 5.68. The second-order valence-electron chi connectivity index (χ2n) is 6.49. The first-order chi connectivity index (χ1) is 12.2. The molecule has 0 aliphatic carbocycles. The van der Waals surface area contributed by atoms with Crippen LogP contribution in [0.3, 0.4) is 0 Å². The Bertz CT molecular complexity index is 450. The first kappa shape index (κ1) is 21.5. The van der Waals surface area contributed by atoms with Crippen molar-refractivity contribution in [1.29, 1.82) is 0 Å². The number of hydrogen-bond acceptors (Lipinski definition) is 3. The van der Waals surface area contributed by atoms with Crippen molar-refractivity contribution >= 4 is 5.96 Å². The van der Waals surface area contributed by atoms with E-state index in [1.807, 2.05) is 18.2 Å². The van der Waals surface area contributed by atoms with E-state index in [9.17, 15) is 0 Å². The number of benzene rings is 1. The maximum Gasteiger partial charge on any atom is 0.190 e. The molecule has 0 unspecified atom stereocenters. The van der Waals surface area contributed by atoms with Crippen molar-refractivity contribution in [3.8, 4) is 0 Å². The molecule has 0 atom stereocenters. The van der Waals surface area contributed by atoms with Crippen LogP contribution >= 0.6 is 0 Å². The Morgan fingerprint density at radius 2 is 1.64 bits per heavy atom. The van der Waals surface area contributed by atoms with E-state index in [1.54, 1.807) is 7.05 Å². The Labute approximate surface area is 153 Å². The topological polar surface area (TPSA) is 54.9 Å². The molecule has 0 saturated heterocycles. The molecule has 142 valence electrons. The lowest BCUT2D eigenvalue weighted by Crippen LogP contribution is -2.38. The van der Waals surface area contributed by atoms with Crippen LogP contribution in [0.5, 0.6) is 0 Å². The van der Waals surface area contributed by atoms with Crippen molar-refractivity contribution < 1.29 is 9.47 Å². The van der Waals surface area contributed by atoms with Crippen molar-refractivity contribution in [2.75, 3.05) is 40.0 Å². The fraction of sp³-hybridized carbons (Fsp3) is 0.650. The second-order valence-corrected chi connectivity index (χ2v) is 6.49. The zero-order valence-corrected chi connectivity index (χ0v) is 16.1. The third kappa shape index (κ3) is 12.4. The predicted octanol–water partition coefficient (Wildman–Crippen LogP) is 3.21. The van der Waals surface area contributed by atoms with Gasteiger partial charge in [-0.15, -0.1) is 0 Å². The van der Waals surface area contributed by atoms with Gasteiger partial charge in [-0.25, -0.2) is 0 Å². The standard InChI is InChI=1S/C20H35N3O2/c1-18(2)16-24-15-9-13-23-20(21-3)22-12-7-8-14-25-17-19-10-5-4-6-11-19/h4-6,10-11,18H,7-9,12-17H2,1-3H3,(H2,21,22,23). The first-order valence-corrected chi connectivity index (χ1v) is 9.36. The third-order valence-corrected chi connectivity index (χ3v) is 3.55. The number of aliphatic imine (C=N–C) groups is 1. The largest absolute Gasteiger partial charge is 0.381 e. The predicted molar refractivity (Wildman–Crippen MR) is 105 cm³/mol. The second kappa shape index (κ2) is 14.7. The number of hydrogen-bond donors (Lipinski definition) is 2. The van der Waals surface area contributed by atoms with Crippen LogP contribution < -0.4 is 10.6 Å². The van der Waals surface area contributed by atoms with Gasteiger partial charge >= 0.3 is 0 Å². The Morgan fingerprint density at radius 1 is 0.960 bits per heavy atom. The summed E-state index contributed by atoms with van der Waals surface area (Å²) >= 11 is 0. The summed E-state index contributed by atoms with van der Waals surface area (Å²) in [6.45, 7) is 9.20.